The Labute approximate surface area is 229 Å². The van der Waals surface area contributed by atoms with Crippen LogP contribution in [0.2, 0.25) is 0 Å². The second-order valence-electron chi connectivity index (χ2n) is 7.47. The fourth-order valence-electron chi connectivity index (χ4n) is 2.37. The SMILES string of the molecule is CCC/C=C/CCC(=O)N(C)CCC(=O)[O-].CCC/C=C/CCC(=O)N(C)CCC(=O)[O-].[Ca+2]. The molecule has 0 aromatic carbocycles. The van der Waals surface area contributed by atoms with Gasteiger partial charge in [0, 0.05) is 64.8 Å². The average molecular weight is 493 g/mol. The summed E-state index contributed by atoms with van der Waals surface area (Å²) in [7, 11) is 3.22. The zero-order valence-electron chi connectivity index (χ0n) is 20.8. The molecule has 0 fully saturated rings. The number of rotatable bonds is 16. The molecule has 0 spiro atoms. The molecule has 0 aliphatic rings. The molecule has 0 saturated carbocycles. The summed E-state index contributed by atoms with van der Waals surface area (Å²) in [6.07, 6.45) is 14.5. The van der Waals surface area contributed by atoms with Crippen LogP contribution in [-0.4, -0.2) is 98.5 Å². The predicted octanol–water partition coefficient (Wildman–Crippen LogP) is 1.06. The molecular weight excluding hydrogens is 452 g/mol. The maximum absolute atomic E-state index is 11.5. The van der Waals surface area contributed by atoms with Gasteiger partial charge in [-0.25, -0.2) is 0 Å². The molecule has 0 unspecified atom stereocenters. The first kappa shape index (κ1) is 36.2. The Kier molecular flexibility index (Phi) is 27.7. The van der Waals surface area contributed by atoms with Crippen molar-refractivity contribution < 1.29 is 29.4 Å². The number of carbonyl (C=O) groups is 4. The van der Waals surface area contributed by atoms with Gasteiger partial charge in [-0.1, -0.05) is 51.0 Å². The first-order valence-electron chi connectivity index (χ1n) is 11.3. The molecule has 0 rings (SSSR count). The van der Waals surface area contributed by atoms with Crippen molar-refractivity contribution in [1.82, 2.24) is 9.80 Å². The molecule has 0 aliphatic heterocycles. The standard InChI is InChI=1S/2C12H21NO3.Ca/c2*1-3-4-5-6-7-8-11(14)13(2)10-9-12(15)16;/h2*5-6H,3-4,7-10H2,1-2H3,(H,15,16);/q;;+2/p-2/b2*6-5+;. The molecule has 0 atom stereocenters. The summed E-state index contributed by atoms with van der Waals surface area (Å²) in [5.74, 6) is -2.30. The van der Waals surface area contributed by atoms with Crippen molar-refractivity contribution in [2.24, 2.45) is 0 Å². The summed E-state index contributed by atoms with van der Waals surface area (Å²) in [4.78, 5) is 46.2. The van der Waals surface area contributed by atoms with Gasteiger partial charge in [0.25, 0.3) is 0 Å². The zero-order valence-corrected chi connectivity index (χ0v) is 23.1. The number of carboxylic acid groups (broad SMARTS) is 2. The van der Waals surface area contributed by atoms with Crippen molar-refractivity contribution in [1.29, 1.82) is 0 Å². The number of amides is 2. The van der Waals surface area contributed by atoms with Gasteiger partial charge in [0.2, 0.25) is 11.8 Å². The van der Waals surface area contributed by atoms with Crippen LogP contribution < -0.4 is 10.2 Å². The van der Waals surface area contributed by atoms with E-state index in [0.717, 1.165) is 25.7 Å². The molecule has 184 valence electrons. The molecule has 0 aromatic rings. The van der Waals surface area contributed by atoms with Gasteiger partial charge in [-0.3, -0.25) is 9.59 Å². The van der Waals surface area contributed by atoms with Crippen LogP contribution in [0.25, 0.3) is 0 Å². The van der Waals surface area contributed by atoms with Crippen LogP contribution in [0.4, 0.5) is 0 Å². The molecule has 0 saturated heterocycles. The van der Waals surface area contributed by atoms with Gasteiger partial charge in [-0.15, -0.1) is 0 Å². The molecule has 0 bridgehead atoms. The van der Waals surface area contributed by atoms with E-state index in [-0.39, 0.29) is 75.5 Å². The van der Waals surface area contributed by atoms with Crippen molar-refractivity contribution in [2.75, 3.05) is 27.2 Å². The van der Waals surface area contributed by atoms with E-state index in [2.05, 4.69) is 26.0 Å². The number of unbranched alkanes of at least 4 members (excludes halogenated alkanes) is 2. The van der Waals surface area contributed by atoms with E-state index >= 15 is 0 Å². The number of hydrogen-bond acceptors (Lipinski definition) is 6. The summed E-state index contributed by atoms with van der Waals surface area (Å²) in [6.45, 7) is 4.64. The van der Waals surface area contributed by atoms with Gasteiger partial charge in [0.05, 0.1) is 0 Å². The third-order valence-corrected chi connectivity index (χ3v) is 4.45. The second kappa shape index (κ2) is 25.2. The minimum atomic E-state index is -1.12. The Morgan fingerprint density at radius 3 is 1.18 bits per heavy atom. The zero-order chi connectivity index (χ0) is 24.8. The van der Waals surface area contributed by atoms with Crippen molar-refractivity contribution >= 4 is 61.5 Å². The van der Waals surface area contributed by atoms with E-state index in [1.807, 2.05) is 12.2 Å². The fraction of sp³-hybridized carbons (Fsp3) is 0.667. The van der Waals surface area contributed by atoms with Gasteiger partial charge in [0.15, 0.2) is 0 Å². The number of nitrogens with zero attached hydrogens (tertiary/aromatic N) is 2. The number of aliphatic carboxylic acids is 2. The Hall–Kier alpha value is -1.38. The quantitative estimate of drug-likeness (QED) is 0.235. The van der Waals surface area contributed by atoms with Crippen LogP contribution in [0.3, 0.4) is 0 Å². The van der Waals surface area contributed by atoms with Gasteiger partial charge in [-0.2, -0.15) is 0 Å². The van der Waals surface area contributed by atoms with Crippen LogP contribution in [-0.2, 0) is 19.2 Å². The fourth-order valence-corrected chi connectivity index (χ4v) is 2.37. The Balaban J connectivity index is -0.000000529. The summed E-state index contributed by atoms with van der Waals surface area (Å²) >= 11 is 0. The minimum Gasteiger partial charge on any atom is -0.550 e. The average Bonchev–Trinajstić information content (AvgIpc) is 2.75. The van der Waals surface area contributed by atoms with Crippen molar-refractivity contribution in [2.45, 2.75) is 78.1 Å². The first-order chi connectivity index (χ1) is 15.1. The monoisotopic (exact) mass is 492 g/mol. The maximum atomic E-state index is 11.5. The van der Waals surface area contributed by atoms with Crippen molar-refractivity contribution in [3.63, 3.8) is 0 Å². The number of hydrogen-bond donors (Lipinski definition) is 0. The van der Waals surface area contributed by atoms with Gasteiger partial charge in [0.1, 0.15) is 0 Å². The Morgan fingerprint density at radius 1 is 0.606 bits per heavy atom. The molecule has 0 aromatic heterocycles. The number of allylic oxidation sites excluding steroid dienone is 4. The Morgan fingerprint density at radius 2 is 0.909 bits per heavy atom. The second-order valence-corrected chi connectivity index (χ2v) is 7.47. The van der Waals surface area contributed by atoms with Crippen molar-refractivity contribution in [3.05, 3.63) is 24.3 Å². The molecule has 0 heterocycles. The van der Waals surface area contributed by atoms with Gasteiger partial charge < -0.3 is 29.6 Å². The van der Waals surface area contributed by atoms with Crippen LogP contribution in [0.1, 0.15) is 78.1 Å². The third kappa shape index (κ3) is 26.8. The molecule has 0 N–H and O–H groups in total. The first-order valence-corrected chi connectivity index (χ1v) is 11.3. The van der Waals surface area contributed by atoms with E-state index in [1.54, 1.807) is 14.1 Å². The summed E-state index contributed by atoms with van der Waals surface area (Å²) in [6, 6.07) is 0. The summed E-state index contributed by atoms with van der Waals surface area (Å²) in [5.41, 5.74) is 0. The van der Waals surface area contributed by atoms with E-state index in [0.29, 0.717) is 25.7 Å². The van der Waals surface area contributed by atoms with Crippen LogP contribution in [0.5, 0.6) is 0 Å². The molecule has 8 nitrogen and oxygen atoms in total. The smallest absolute Gasteiger partial charge is 0.550 e. The van der Waals surface area contributed by atoms with Crippen LogP contribution in [0.15, 0.2) is 24.3 Å². The van der Waals surface area contributed by atoms with Crippen LogP contribution in [0, 0.1) is 0 Å². The van der Waals surface area contributed by atoms with Gasteiger partial charge >= 0.3 is 37.7 Å². The van der Waals surface area contributed by atoms with Gasteiger partial charge in [-0.05, 0) is 25.7 Å². The summed E-state index contributed by atoms with van der Waals surface area (Å²) < 4.78 is 0. The minimum absolute atomic E-state index is 0. The van der Waals surface area contributed by atoms with E-state index in [1.165, 1.54) is 9.80 Å². The molecule has 2 amide bonds. The van der Waals surface area contributed by atoms with E-state index < -0.39 is 11.9 Å². The number of carbonyl (C=O) groups excluding carboxylic acids is 4. The largest absolute Gasteiger partial charge is 2.00 e. The topological polar surface area (TPSA) is 121 Å². The normalized spacial score (nSPS) is 10.3. The predicted molar refractivity (Wildman–Crippen MR) is 127 cm³/mol. The molecular formula is C24H40CaN2O6. The van der Waals surface area contributed by atoms with Crippen molar-refractivity contribution in [3.8, 4) is 0 Å². The Bertz CT molecular complexity index is 556. The number of carboxylic acids is 2. The van der Waals surface area contributed by atoms with E-state index in [4.69, 9.17) is 0 Å². The third-order valence-electron chi connectivity index (χ3n) is 4.45. The molecule has 33 heavy (non-hydrogen) atoms. The van der Waals surface area contributed by atoms with Crippen LogP contribution >= 0.6 is 0 Å². The molecule has 0 aliphatic carbocycles. The summed E-state index contributed by atoms with van der Waals surface area (Å²) in [5, 5.41) is 20.4. The maximum Gasteiger partial charge on any atom is 2.00 e. The molecule has 9 heteroatoms. The molecule has 0 radical (unpaired) electrons. The van der Waals surface area contributed by atoms with E-state index in [9.17, 15) is 29.4 Å².